The van der Waals surface area contributed by atoms with E-state index in [-0.39, 0.29) is 12.0 Å². The third kappa shape index (κ3) is 3.46. The van der Waals surface area contributed by atoms with Gasteiger partial charge >= 0.3 is 0 Å². The molecule has 1 fully saturated rings. The van der Waals surface area contributed by atoms with Gasteiger partial charge in [-0.3, -0.25) is 4.79 Å². The van der Waals surface area contributed by atoms with Crippen molar-refractivity contribution in [3.63, 3.8) is 0 Å². The molecule has 3 rings (SSSR count). The van der Waals surface area contributed by atoms with E-state index in [1.54, 1.807) is 41.3 Å². The zero-order valence-electron chi connectivity index (χ0n) is 13.3. The van der Waals surface area contributed by atoms with E-state index in [0.717, 1.165) is 5.75 Å². The Morgan fingerprint density at radius 3 is 2.62 bits per heavy atom. The second kappa shape index (κ2) is 7.01. The van der Waals surface area contributed by atoms with Gasteiger partial charge in [0.2, 0.25) is 5.88 Å². The van der Waals surface area contributed by atoms with E-state index >= 15 is 0 Å². The lowest BCUT2D eigenvalue weighted by Gasteiger charge is -2.38. The molecular weight excluding hydrogens is 306 g/mol. The van der Waals surface area contributed by atoms with Crippen molar-refractivity contribution in [1.29, 1.82) is 5.26 Å². The first-order valence-corrected chi connectivity index (χ1v) is 7.74. The molecule has 24 heavy (non-hydrogen) atoms. The summed E-state index contributed by atoms with van der Waals surface area (Å²) in [4.78, 5) is 18.1. The maximum absolute atomic E-state index is 12.4. The molecule has 1 aliphatic heterocycles. The molecule has 1 saturated heterocycles. The molecule has 0 unspecified atom stereocenters. The standard InChI is InChI=1S/C18H17N3O3/c1-2-23-15-6-4-14(5-7-15)18(22)21-11-16(12-21)24-17-8-3-13(9-19)10-20-17/h3-8,10,16H,2,11-12H2,1H3. The van der Waals surface area contributed by atoms with E-state index in [2.05, 4.69) is 4.98 Å². The SMILES string of the molecule is CCOc1ccc(C(=O)N2CC(Oc3ccc(C#N)cn3)C2)cc1. The van der Waals surface area contributed by atoms with Crippen molar-refractivity contribution in [3.8, 4) is 17.7 Å². The molecule has 0 aliphatic carbocycles. The molecule has 1 amide bonds. The molecule has 0 saturated carbocycles. The van der Waals surface area contributed by atoms with Crippen LogP contribution >= 0.6 is 0 Å². The summed E-state index contributed by atoms with van der Waals surface area (Å²) in [6, 6.07) is 12.5. The van der Waals surface area contributed by atoms with Crippen LogP contribution in [0.4, 0.5) is 0 Å². The molecular formula is C18H17N3O3. The van der Waals surface area contributed by atoms with E-state index in [4.69, 9.17) is 14.7 Å². The second-order valence-electron chi connectivity index (χ2n) is 5.40. The average Bonchev–Trinajstić information content (AvgIpc) is 2.59. The molecule has 6 nitrogen and oxygen atoms in total. The number of carbonyl (C=O) groups is 1. The van der Waals surface area contributed by atoms with Crippen LogP contribution in [0.5, 0.6) is 11.6 Å². The van der Waals surface area contributed by atoms with Crippen molar-refractivity contribution in [2.24, 2.45) is 0 Å². The summed E-state index contributed by atoms with van der Waals surface area (Å²) in [5, 5.41) is 8.74. The van der Waals surface area contributed by atoms with Crippen LogP contribution in [0.25, 0.3) is 0 Å². The van der Waals surface area contributed by atoms with Crippen LogP contribution in [0.1, 0.15) is 22.8 Å². The number of nitriles is 1. The summed E-state index contributed by atoms with van der Waals surface area (Å²) in [6.45, 7) is 3.56. The average molecular weight is 323 g/mol. The second-order valence-corrected chi connectivity index (χ2v) is 5.40. The van der Waals surface area contributed by atoms with Crippen LogP contribution in [-0.2, 0) is 0 Å². The summed E-state index contributed by atoms with van der Waals surface area (Å²) >= 11 is 0. The van der Waals surface area contributed by atoms with Crippen LogP contribution in [-0.4, -0.2) is 41.6 Å². The molecule has 0 radical (unpaired) electrons. The first-order valence-electron chi connectivity index (χ1n) is 7.74. The third-order valence-electron chi connectivity index (χ3n) is 3.70. The van der Waals surface area contributed by atoms with Crippen molar-refractivity contribution in [2.75, 3.05) is 19.7 Å². The Balaban J connectivity index is 1.52. The maximum Gasteiger partial charge on any atom is 0.254 e. The number of hydrogen-bond donors (Lipinski definition) is 0. The Morgan fingerprint density at radius 1 is 1.29 bits per heavy atom. The molecule has 6 heteroatoms. The minimum absolute atomic E-state index is 0.0225. The highest BCUT2D eigenvalue weighted by Gasteiger charge is 2.33. The van der Waals surface area contributed by atoms with Gasteiger partial charge in [-0.25, -0.2) is 4.98 Å². The molecule has 122 valence electrons. The van der Waals surface area contributed by atoms with Crippen molar-refractivity contribution < 1.29 is 14.3 Å². The van der Waals surface area contributed by atoms with Gasteiger partial charge in [0.25, 0.3) is 5.91 Å². The topological polar surface area (TPSA) is 75.4 Å². The van der Waals surface area contributed by atoms with Crippen LogP contribution in [0.15, 0.2) is 42.6 Å². The number of likely N-dealkylation sites (tertiary alicyclic amines) is 1. The number of ether oxygens (including phenoxy) is 2. The Morgan fingerprint density at radius 2 is 2.04 bits per heavy atom. The minimum Gasteiger partial charge on any atom is -0.494 e. The fourth-order valence-electron chi connectivity index (χ4n) is 2.41. The van der Waals surface area contributed by atoms with Gasteiger partial charge in [0.15, 0.2) is 0 Å². The molecule has 0 N–H and O–H groups in total. The highest BCUT2D eigenvalue weighted by atomic mass is 16.5. The molecule has 1 aromatic heterocycles. The first kappa shape index (κ1) is 15.8. The number of benzene rings is 1. The zero-order valence-corrected chi connectivity index (χ0v) is 13.3. The van der Waals surface area contributed by atoms with E-state index in [1.165, 1.54) is 6.20 Å². The highest BCUT2D eigenvalue weighted by Crippen LogP contribution is 2.20. The molecule has 1 aromatic carbocycles. The predicted molar refractivity (Wildman–Crippen MR) is 86.9 cm³/mol. The number of amides is 1. The van der Waals surface area contributed by atoms with E-state index < -0.39 is 0 Å². The molecule has 0 atom stereocenters. The lowest BCUT2D eigenvalue weighted by atomic mass is 10.1. The van der Waals surface area contributed by atoms with Gasteiger partial charge in [0.05, 0.1) is 25.3 Å². The van der Waals surface area contributed by atoms with E-state index in [0.29, 0.717) is 36.7 Å². The Labute approximate surface area is 140 Å². The van der Waals surface area contributed by atoms with Gasteiger partial charge in [0, 0.05) is 17.8 Å². The van der Waals surface area contributed by atoms with Gasteiger partial charge in [-0.1, -0.05) is 0 Å². The lowest BCUT2D eigenvalue weighted by Crippen LogP contribution is -2.56. The maximum atomic E-state index is 12.4. The van der Waals surface area contributed by atoms with E-state index in [1.807, 2.05) is 13.0 Å². The number of carbonyl (C=O) groups excluding carboxylic acids is 1. The van der Waals surface area contributed by atoms with Gasteiger partial charge in [-0.2, -0.15) is 5.26 Å². The quantitative estimate of drug-likeness (QED) is 0.843. The normalized spacial score (nSPS) is 13.8. The van der Waals surface area contributed by atoms with Crippen LogP contribution in [0, 0.1) is 11.3 Å². The molecule has 2 heterocycles. The molecule has 0 bridgehead atoms. The minimum atomic E-state index is -0.0721. The highest BCUT2D eigenvalue weighted by molar-refractivity contribution is 5.94. The number of rotatable bonds is 5. The van der Waals surface area contributed by atoms with Crippen LogP contribution < -0.4 is 9.47 Å². The Bertz CT molecular complexity index is 745. The number of nitrogens with zero attached hydrogens (tertiary/aromatic N) is 3. The smallest absolute Gasteiger partial charge is 0.254 e. The first-order chi connectivity index (χ1) is 11.7. The molecule has 2 aromatic rings. The van der Waals surface area contributed by atoms with Crippen LogP contribution in [0.2, 0.25) is 0 Å². The number of hydrogen-bond acceptors (Lipinski definition) is 5. The van der Waals surface area contributed by atoms with Gasteiger partial charge in [-0.05, 0) is 37.3 Å². The molecule has 1 aliphatic rings. The fourth-order valence-corrected chi connectivity index (χ4v) is 2.41. The lowest BCUT2D eigenvalue weighted by molar-refractivity contribution is 0.0160. The Kier molecular flexibility index (Phi) is 4.62. The summed E-state index contributed by atoms with van der Waals surface area (Å²) in [6.07, 6.45) is 1.40. The number of pyridine rings is 1. The summed E-state index contributed by atoms with van der Waals surface area (Å²) in [5.41, 5.74) is 1.12. The van der Waals surface area contributed by atoms with Crippen molar-refractivity contribution >= 4 is 5.91 Å². The summed E-state index contributed by atoms with van der Waals surface area (Å²) in [7, 11) is 0. The van der Waals surface area contributed by atoms with Crippen molar-refractivity contribution in [1.82, 2.24) is 9.88 Å². The van der Waals surface area contributed by atoms with Gasteiger partial charge < -0.3 is 14.4 Å². The summed E-state index contributed by atoms with van der Waals surface area (Å²) < 4.78 is 11.1. The number of aromatic nitrogens is 1. The van der Waals surface area contributed by atoms with Gasteiger partial charge in [0.1, 0.15) is 17.9 Å². The predicted octanol–water partition coefficient (Wildman–Crippen LogP) is 2.26. The van der Waals surface area contributed by atoms with Crippen molar-refractivity contribution in [2.45, 2.75) is 13.0 Å². The fraction of sp³-hybridized carbons (Fsp3) is 0.278. The largest absolute Gasteiger partial charge is 0.494 e. The van der Waals surface area contributed by atoms with Crippen LogP contribution in [0.3, 0.4) is 0 Å². The monoisotopic (exact) mass is 323 g/mol. The third-order valence-corrected chi connectivity index (χ3v) is 3.70. The molecule has 0 spiro atoms. The van der Waals surface area contributed by atoms with Gasteiger partial charge in [-0.15, -0.1) is 0 Å². The Hall–Kier alpha value is -3.07. The summed E-state index contributed by atoms with van der Waals surface area (Å²) in [5.74, 6) is 1.20. The van der Waals surface area contributed by atoms with Crippen molar-refractivity contribution in [3.05, 3.63) is 53.7 Å². The zero-order chi connectivity index (χ0) is 16.9. The van der Waals surface area contributed by atoms with E-state index in [9.17, 15) is 4.79 Å².